The minimum absolute atomic E-state index is 0.0124. The van der Waals surface area contributed by atoms with E-state index in [4.69, 9.17) is 4.74 Å². The first-order chi connectivity index (χ1) is 11.8. The van der Waals surface area contributed by atoms with Gasteiger partial charge in [-0.15, -0.1) is 0 Å². The molecule has 0 atom stereocenters. The highest BCUT2D eigenvalue weighted by Crippen LogP contribution is 2.22. The smallest absolute Gasteiger partial charge is 0.331 e. The van der Waals surface area contributed by atoms with E-state index in [2.05, 4.69) is 20.8 Å². The first-order valence-electron chi connectivity index (χ1n) is 7.94. The lowest BCUT2D eigenvalue weighted by atomic mass is 9.87. The van der Waals surface area contributed by atoms with E-state index in [1.165, 1.54) is 23.8 Å². The molecule has 2 rings (SSSR count). The van der Waals surface area contributed by atoms with Crippen LogP contribution in [0.2, 0.25) is 0 Å². The minimum atomic E-state index is -0.466. The van der Waals surface area contributed by atoms with Gasteiger partial charge in [0.05, 0.1) is 4.92 Å². The van der Waals surface area contributed by atoms with E-state index in [0.717, 1.165) is 5.56 Å². The fraction of sp³-hybridized carbons (Fsp3) is 0.250. The first kappa shape index (κ1) is 18.4. The molecule has 0 unspecified atom stereocenters. The van der Waals surface area contributed by atoms with Crippen LogP contribution >= 0.6 is 0 Å². The number of rotatable bonds is 5. The van der Waals surface area contributed by atoms with Crippen LogP contribution in [0.15, 0.2) is 54.6 Å². The standard InChI is InChI=1S/C20H21NO4/c1-20(2,3)17-9-4-16(5-10-17)14-25-19(22)13-8-15-6-11-18(12-7-15)21(23)24/h4-13H,14H2,1-3H3/b13-8+. The molecule has 0 radical (unpaired) electrons. The van der Waals surface area contributed by atoms with Crippen molar-refractivity contribution in [3.8, 4) is 0 Å². The highest BCUT2D eigenvalue weighted by Gasteiger charge is 2.12. The summed E-state index contributed by atoms with van der Waals surface area (Å²) in [5.74, 6) is -0.460. The Morgan fingerprint density at radius 1 is 1.08 bits per heavy atom. The molecule has 2 aromatic rings. The second kappa shape index (κ2) is 7.75. The van der Waals surface area contributed by atoms with Crippen LogP contribution in [0.25, 0.3) is 6.08 Å². The van der Waals surface area contributed by atoms with Gasteiger partial charge in [0, 0.05) is 18.2 Å². The van der Waals surface area contributed by atoms with E-state index in [-0.39, 0.29) is 17.7 Å². The number of hydrogen-bond acceptors (Lipinski definition) is 4. The Bertz CT molecular complexity index is 769. The molecule has 0 amide bonds. The monoisotopic (exact) mass is 339 g/mol. The number of benzene rings is 2. The van der Waals surface area contributed by atoms with Gasteiger partial charge in [0.25, 0.3) is 5.69 Å². The van der Waals surface area contributed by atoms with E-state index in [1.807, 2.05) is 24.3 Å². The van der Waals surface area contributed by atoms with Crippen molar-refractivity contribution in [3.05, 3.63) is 81.4 Å². The van der Waals surface area contributed by atoms with Crippen molar-refractivity contribution >= 4 is 17.7 Å². The number of nitro benzene ring substituents is 1. The Balaban J connectivity index is 1.88. The molecule has 5 heteroatoms. The van der Waals surface area contributed by atoms with Gasteiger partial charge in [0.15, 0.2) is 0 Å². The van der Waals surface area contributed by atoms with Crippen molar-refractivity contribution in [1.29, 1.82) is 0 Å². The lowest BCUT2D eigenvalue weighted by Gasteiger charge is -2.19. The van der Waals surface area contributed by atoms with E-state index < -0.39 is 10.9 Å². The number of hydrogen-bond donors (Lipinski definition) is 0. The van der Waals surface area contributed by atoms with E-state index >= 15 is 0 Å². The molecule has 0 spiro atoms. The summed E-state index contributed by atoms with van der Waals surface area (Å²) >= 11 is 0. The summed E-state index contributed by atoms with van der Waals surface area (Å²) in [5, 5.41) is 10.6. The highest BCUT2D eigenvalue weighted by atomic mass is 16.6. The molecule has 130 valence electrons. The van der Waals surface area contributed by atoms with Gasteiger partial charge >= 0.3 is 5.97 Å². The fourth-order valence-electron chi connectivity index (χ4n) is 2.17. The number of nitro groups is 1. The maximum absolute atomic E-state index is 11.8. The zero-order chi connectivity index (χ0) is 18.4. The van der Waals surface area contributed by atoms with E-state index in [9.17, 15) is 14.9 Å². The number of non-ortho nitro benzene ring substituents is 1. The summed E-state index contributed by atoms with van der Waals surface area (Å²) in [4.78, 5) is 21.9. The molecule has 0 heterocycles. The maximum atomic E-state index is 11.8. The van der Waals surface area contributed by atoms with Crippen molar-refractivity contribution in [1.82, 2.24) is 0 Å². The Morgan fingerprint density at radius 2 is 1.68 bits per heavy atom. The van der Waals surface area contributed by atoms with Crippen LogP contribution in [0, 0.1) is 10.1 Å². The van der Waals surface area contributed by atoms with Crippen LogP contribution in [-0.2, 0) is 21.6 Å². The van der Waals surface area contributed by atoms with Crippen molar-refractivity contribution < 1.29 is 14.5 Å². The van der Waals surface area contributed by atoms with Gasteiger partial charge in [-0.3, -0.25) is 10.1 Å². The van der Waals surface area contributed by atoms with E-state index in [1.54, 1.807) is 18.2 Å². The number of carbonyl (C=O) groups is 1. The zero-order valence-corrected chi connectivity index (χ0v) is 14.6. The Labute approximate surface area is 147 Å². The number of nitrogens with zero attached hydrogens (tertiary/aromatic N) is 1. The van der Waals surface area contributed by atoms with E-state index in [0.29, 0.717) is 5.56 Å². The number of carbonyl (C=O) groups excluding carboxylic acids is 1. The van der Waals surface area contributed by atoms with Gasteiger partial charge in [-0.2, -0.15) is 0 Å². The van der Waals surface area contributed by atoms with Crippen LogP contribution in [-0.4, -0.2) is 10.9 Å². The third kappa shape index (κ3) is 5.57. The Hall–Kier alpha value is -2.95. The van der Waals surface area contributed by atoms with Gasteiger partial charge < -0.3 is 4.74 Å². The third-order valence-corrected chi connectivity index (χ3v) is 3.72. The lowest BCUT2D eigenvalue weighted by molar-refractivity contribution is -0.384. The van der Waals surface area contributed by atoms with Gasteiger partial charge in [0.1, 0.15) is 6.61 Å². The average molecular weight is 339 g/mol. The van der Waals surface area contributed by atoms with Crippen LogP contribution < -0.4 is 0 Å². The molecule has 0 saturated heterocycles. The van der Waals surface area contributed by atoms with Crippen molar-refractivity contribution in [3.63, 3.8) is 0 Å². The normalized spacial score (nSPS) is 11.5. The van der Waals surface area contributed by atoms with Crippen molar-refractivity contribution in [2.75, 3.05) is 0 Å². The second-order valence-corrected chi connectivity index (χ2v) is 6.74. The molecule has 0 bridgehead atoms. The molecule has 0 aliphatic carbocycles. The largest absolute Gasteiger partial charge is 0.458 e. The summed E-state index contributed by atoms with van der Waals surface area (Å²) in [6, 6.07) is 13.9. The molecule has 0 aliphatic heterocycles. The lowest BCUT2D eigenvalue weighted by Crippen LogP contribution is -2.10. The SMILES string of the molecule is CC(C)(C)c1ccc(COC(=O)/C=C/c2ccc([N+](=O)[O-])cc2)cc1. The molecule has 0 aliphatic rings. The molecule has 0 N–H and O–H groups in total. The average Bonchev–Trinajstić information content (AvgIpc) is 2.58. The minimum Gasteiger partial charge on any atom is -0.458 e. The first-order valence-corrected chi connectivity index (χ1v) is 7.94. The molecule has 25 heavy (non-hydrogen) atoms. The summed E-state index contributed by atoms with van der Waals surface area (Å²) in [5.41, 5.74) is 2.93. The van der Waals surface area contributed by atoms with Crippen LogP contribution in [0.1, 0.15) is 37.5 Å². The summed E-state index contributed by atoms with van der Waals surface area (Å²) in [6.07, 6.45) is 2.87. The summed E-state index contributed by atoms with van der Waals surface area (Å²) < 4.78 is 5.20. The zero-order valence-electron chi connectivity index (χ0n) is 14.6. The van der Waals surface area contributed by atoms with Gasteiger partial charge in [-0.25, -0.2) is 4.79 Å². The van der Waals surface area contributed by atoms with Crippen LogP contribution in [0.4, 0.5) is 5.69 Å². The Morgan fingerprint density at radius 3 is 2.20 bits per heavy atom. The molecular weight excluding hydrogens is 318 g/mol. The number of ether oxygens (including phenoxy) is 1. The quantitative estimate of drug-likeness (QED) is 0.344. The van der Waals surface area contributed by atoms with Crippen molar-refractivity contribution in [2.45, 2.75) is 32.8 Å². The topological polar surface area (TPSA) is 69.4 Å². The highest BCUT2D eigenvalue weighted by molar-refractivity contribution is 5.87. The maximum Gasteiger partial charge on any atom is 0.331 e. The van der Waals surface area contributed by atoms with Crippen molar-refractivity contribution in [2.24, 2.45) is 0 Å². The summed E-state index contributed by atoms with van der Waals surface area (Å²) in [6.45, 7) is 6.63. The second-order valence-electron chi connectivity index (χ2n) is 6.74. The molecule has 5 nitrogen and oxygen atoms in total. The predicted molar refractivity (Wildman–Crippen MR) is 97.1 cm³/mol. The Kier molecular flexibility index (Phi) is 5.70. The molecule has 0 saturated carbocycles. The molecule has 2 aromatic carbocycles. The van der Waals surface area contributed by atoms with Gasteiger partial charge in [-0.05, 0) is 40.3 Å². The molecule has 0 fully saturated rings. The van der Waals surface area contributed by atoms with Gasteiger partial charge in [-0.1, -0.05) is 45.0 Å². The summed E-state index contributed by atoms with van der Waals surface area (Å²) in [7, 11) is 0. The molecular formula is C20H21NO4. The third-order valence-electron chi connectivity index (χ3n) is 3.72. The fourth-order valence-corrected chi connectivity index (χ4v) is 2.17. The van der Waals surface area contributed by atoms with Crippen LogP contribution in [0.5, 0.6) is 0 Å². The number of esters is 1. The van der Waals surface area contributed by atoms with Gasteiger partial charge in [0.2, 0.25) is 0 Å². The molecule has 0 aromatic heterocycles. The predicted octanol–water partition coefficient (Wildman–Crippen LogP) is 4.65. The van der Waals surface area contributed by atoms with Crippen LogP contribution in [0.3, 0.4) is 0 Å².